The zero-order chi connectivity index (χ0) is 19.9. The second kappa shape index (κ2) is 7.46. The molecule has 2 aromatic rings. The summed E-state index contributed by atoms with van der Waals surface area (Å²) < 4.78 is 7.79. The molecular formula is C24H34N2O2. The lowest BCUT2D eigenvalue weighted by atomic mass is 9.76. The van der Waals surface area contributed by atoms with Crippen LogP contribution in [0.4, 0.5) is 0 Å². The summed E-state index contributed by atoms with van der Waals surface area (Å²) >= 11 is 0. The van der Waals surface area contributed by atoms with E-state index >= 15 is 0 Å². The van der Waals surface area contributed by atoms with Crippen LogP contribution in [0.25, 0.3) is 10.9 Å². The number of rotatable bonds is 7. The largest absolute Gasteiger partial charge is 0.497 e. The first-order valence-electron chi connectivity index (χ1n) is 10.9. The van der Waals surface area contributed by atoms with Gasteiger partial charge in [0.05, 0.1) is 12.6 Å². The first-order valence-corrected chi connectivity index (χ1v) is 10.9. The molecule has 1 amide bonds. The van der Waals surface area contributed by atoms with E-state index in [4.69, 9.17) is 4.74 Å². The minimum Gasteiger partial charge on any atom is -0.497 e. The van der Waals surface area contributed by atoms with E-state index in [2.05, 4.69) is 42.4 Å². The molecule has 1 heterocycles. The van der Waals surface area contributed by atoms with E-state index in [9.17, 15) is 4.79 Å². The summed E-state index contributed by atoms with van der Waals surface area (Å²) in [5.41, 5.74) is 4.23. The zero-order valence-electron chi connectivity index (χ0n) is 17.9. The molecule has 1 aromatic heterocycles. The van der Waals surface area contributed by atoms with Gasteiger partial charge in [0.15, 0.2) is 0 Å². The third-order valence-electron chi connectivity index (χ3n) is 6.51. The molecule has 0 saturated heterocycles. The van der Waals surface area contributed by atoms with E-state index in [1.165, 1.54) is 35.9 Å². The number of hydrogen-bond donors (Lipinski definition) is 0. The van der Waals surface area contributed by atoms with Gasteiger partial charge in [-0.25, -0.2) is 0 Å². The Hall–Kier alpha value is -1.97. The maximum Gasteiger partial charge on any atom is 0.242 e. The molecule has 4 heteroatoms. The number of methoxy groups -OCH3 is 1. The monoisotopic (exact) mass is 382 g/mol. The summed E-state index contributed by atoms with van der Waals surface area (Å²) in [5.74, 6) is 1.85. The van der Waals surface area contributed by atoms with Crippen LogP contribution in [0.5, 0.6) is 5.75 Å². The van der Waals surface area contributed by atoms with Gasteiger partial charge in [0.2, 0.25) is 5.91 Å². The molecule has 2 aliphatic rings. The lowest BCUT2D eigenvalue weighted by Crippen LogP contribution is -2.36. The highest BCUT2D eigenvalue weighted by Crippen LogP contribution is 2.40. The van der Waals surface area contributed by atoms with Gasteiger partial charge in [0.1, 0.15) is 12.3 Å². The SMILES string of the molecule is CCCN(CC1CC1)C(=O)Cn1c2c(c3ccc(OC)cc31)CCC(C)(C)C2. The Morgan fingerprint density at radius 2 is 2.11 bits per heavy atom. The molecule has 0 bridgehead atoms. The van der Waals surface area contributed by atoms with E-state index in [0.29, 0.717) is 6.54 Å². The van der Waals surface area contributed by atoms with Gasteiger partial charge in [-0.15, -0.1) is 0 Å². The van der Waals surface area contributed by atoms with Crippen molar-refractivity contribution in [3.63, 3.8) is 0 Å². The topological polar surface area (TPSA) is 34.5 Å². The van der Waals surface area contributed by atoms with Crippen LogP contribution < -0.4 is 4.74 Å². The van der Waals surface area contributed by atoms with Crippen molar-refractivity contribution >= 4 is 16.8 Å². The fourth-order valence-corrected chi connectivity index (χ4v) is 4.68. The first-order chi connectivity index (χ1) is 13.4. The maximum absolute atomic E-state index is 13.3. The molecular weight excluding hydrogens is 348 g/mol. The second-order valence-electron chi connectivity index (χ2n) is 9.52. The summed E-state index contributed by atoms with van der Waals surface area (Å²) in [6, 6.07) is 6.34. The molecule has 4 nitrogen and oxygen atoms in total. The summed E-state index contributed by atoms with van der Waals surface area (Å²) in [4.78, 5) is 15.4. The van der Waals surface area contributed by atoms with Crippen molar-refractivity contribution in [3.05, 3.63) is 29.5 Å². The van der Waals surface area contributed by atoms with E-state index in [1.807, 2.05) is 6.07 Å². The maximum atomic E-state index is 13.3. The van der Waals surface area contributed by atoms with E-state index in [-0.39, 0.29) is 11.3 Å². The van der Waals surface area contributed by atoms with Crippen molar-refractivity contribution in [2.75, 3.05) is 20.2 Å². The van der Waals surface area contributed by atoms with Crippen molar-refractivity contribution in [3.8, 4) is 5.75 Å². The number of nitrogens with zero attached hydrogens (tertiary/aromatic N) is 2. The van der Waals surface area contributed by atoms with Gasteiger partial charge in [-0.05, 0) is 67.6 Å². The van der Waals surface area contributed by atoms with Crippen LogP contribution in [-0.4, -0.2) is 35.6 Å². The number of amides is 1. The van der Waals surface area contributed by atoms with Crippen LogP contribution in [0.1, 0.15) is 57.7 Å². The minimum absolute atomic E-state index is 0.264. The summed E-state index contributed by atoms with van der Waals surface area (Å²) in [7, 11) is 1.71. The van der Waals surface area contributed by atoms with E-state index in [0.717, 1.165) is 49.5 Å². The predicted octanol–water partition coefficient (Wildman–Crippen LogP) is 4.81. The molecule has 28 heavy (non-hydrogen) atoms. The lowest BCUT2D eigenvalue weighted by molar-refractivity contribution is -0.132. The number of carbonyl (C=O) groups excluding carboxylic acids is 1. The molecule has 0 spiro atoms. The number of fused-ring (bicyclic) bond motifs is 3. The Morgan fingerprint density at radius 1 is 1.32 bits per heavy atom. The smallest absolute Gasteiger partial charge is 0.242 e. The summed E-state index contributed by atoms with van der Waals surface area (Å²) in [6.45, 7) is 9.09. The zero-order valence-corrected chi connectivity index (χ0v) is 17.9. The Labute approximate surface area is 168 Å². The fourth-order valence-electron chi connectivity index (χ4n) is 4.68. The highest BCUT2D eigenvalue weighted by Gasteiger charge is 2.32. The molecule has 0 N–H and O–H groups in total. The van der Waals surface area contributed by atoms with Crippen molar-refractivity contribution < 1.29 is 9.53 Å². The van der Waals surface area contributed by atoms with Crippen LogP contribution in [0.15, 0.2) is 18.2 Å². The van der Waals surface area contributed by atoms with Gasteiger partial charge in [0.25, 0.3) is 0 Å². The molecule has 4 rings (SSSR count). The average molecular weight is 383 g/mol. The van der Waals surface area contributed by atoms with Gasteiger partial charge in [-0.2, -0.15) is 0 Å². The van der Waals surface area contributed by atoms with Crippen molar-refractivity contribution in [2.45, 2.75) is 65.8 Å². The summed E-state index contributed by atoms with van der Waals surface area (Å²) in [5, 5.41) is 1.29. The second-order valence-corrected chi connectivity index (χ2v) is 9.52. The number of aryl methyl sites for hydroxylation is 1. The molecule has 0 unspecified atom stereocenters. The standard InChI is InChI=1S/C24H34N2O2/c1-5-12-25(15-17-6-7-17)23(27)16-26-21-13-18(28-4)8-9-19(21)20-10-11-24(2,3)14-22(20)26/h8-9,13,17H,5-7,10-12,14-16H2,1-4H3. The third kappa shape index (κ3) is 3.78. The van der Waals surface area contributed by atoms with Crippen LogP contribution in [0.2, 0.25) is 0 Å². The quantitative estimate of drug-likeness (QED) is 0.688. The Balaban J connectivity index is 1.72. The highest BCUT2D eigenvalue weighted by molar-refractivity contribution is 5.89. The van der Waals surface area contributed by atoms with Gasteiger partial charge < -0.3 is 14.2 Å². The van der Waals surface area contributed by atoms with Crippen LogP contribution in [0, 0.1) is 11.3 Å². The molecule has 0 atom stereocenters. The molecule has 1 saturated carbocycles. The van der Waals surface area contributed by atoms with Crippen molar-refractivity contribution in [2.24, 2.45) is 11.3 Å². The Kier molecular flexibility index (Phi) is 5.15. The minimum atomic E-state index is 0.264. The van der Waals surface area contributed by atoms with Gasteiger partial charge in [0, 0.05) is 30.2 Å². The normalized spacial score (nSPS) is 18.1. The van der Waals surface area contributed by atoms with Crippen LogP contribution in [0.3, 0.4) is 0 Å². The number of carbonyl (C=O) groups is 1. The van der Waals surface area contributed by atoms with Crippen molar-refractivity contribution in [1.82, 2.24) is 9.47 Å². The Morgan fingerprint density at radius 3 is 2.79 bits per heavy atom. The van der Waals surface area contributed by atoms with Gasteiger partial charge >= 0.3 is 0 Å². The van der Waals surface area contributed by atoms with Crippen LogP contribution in [-0.2, 0) is 24.2 Å². The molecule has 152 valence electrons. The molecule has 2 aliphatic carbocycles. The van der Waals surface area contributed by atoms with Crippen LogP contribution >= 0.6 is 0 Å². The highest BCUT2D eigenvalue weighted by atomic mass is 16.5. The third-order valence-corrected chi connectivity index (χ3v) is 6.51. The molecule has 0 aliphatic heterocycles. The average Bonchev–Trinajstić information content (AvgIpc) is 3.44. The van der Waals surface area contributed by atoms with E-state index < -0.39 is 0 Å². The van der Waals surface area contributed by atoms with Gasteiger partial charge in [-0.3, -0.25) is 4.79 Å². The summed E-state index contributed by atoms with van der Waals surface area (Å²) in [6.07, 6.45) is 6.89. The number of hydrogen-bond acceptors (Lipinski definition) is 2. The molecule has 1 fully saturated rings. The molecule has 1 aromatic carbocycles. The van der Waals surface area contributed by atoms with E-state index in [1.54, 1.807) is 7.11 Å². The number of ether oxygens (including phenoxy) is 1. The first kappa shape index (κ1) is 19.4. The fraction of sp³-hybridized carbons (Fsp3) is 0.625. The van der Waals surface area contributed by atoms with Gasteiger partial charge in [-0.1, -0.05) is 20.8 Å². The van der Waals surface area contributed by atoms with Crippen molar-refractivity contribution in [1.29, 1.82) is 0 Å². The predicted molar refractivity (Wildman–Crippen MR) is 114 cm³/mol. The Bertz CT molecular complexity index is 876. The molecule has 0 radical (unpaired) electrons. The number of benzene rings is 1. The number of aromatic nitrogens is 1. The lowest BCUT2D eigenvalue weighted by Gasteiger charge is -2.31.